The standard InChI is InChI=1S/C20H22FN3O2/c1-14(2)20(25)24(12-15-7-3-4-8-17(15)21)13-16-11-19(23-26-16)18-9-5-6-10-22-18/h3-10,14,16H,11-13H2,1-2H3/t16-/m0/s1. The number of halogens is 1. The van der Waals surface area contributed by atoms with Crippen molar-refractivity contribution in [2.45, 2.75) is 32.9 Å². The molecule has 1 aromatic heterocycles. The third-order valence-corrected chi connectivity index (χ3v) is 4.24. The minimum Gasteiger partial charge on any atom is -0.390 e. The molecule has 0 bridgehead atoms. The Morgan fingerprint density at radius 1 is 1.27 bits per heavy atom. The second-order valence-electron chi connectivity index (χ2n) is 6.65. The predicted molar refractivity (Wildman–Crippen MR) is 96.9 cm³/mol. The largest absolute Gasteiger partial charge is 0.390 e. The summed E-state index contributed by atoms with van der Waals surface area (Å²) >= 11 is 0. The Morgan fingerprint density at radius 3 is 2.73 bits per heavy atom. The first kappa shape index (κ1) is 18.0. The van der Waals surface area contributed by atoms with Crippen LogP contribution in [0.2, 0.25) is 0 Å². The van der Waals surface area contributed by atoms with Crippen molar-refractivity contribution in [3.8, 4) is 0 Å². The number of nitrogens with zero attached hydrogens (tertiary/aromatic N) is 3. The van der Waals surface area contributed by atoms with Crippen molar-refractivity contribution in [1.82, 2.24) is 9.88 Å². The molecule has 1 atom stereocenters. The van der Waals surface area contributed by atoms with Crippen molar-refractivity contribution >= 4 is 11.6 Å². The lowest BCUT2D eigenvalue weighted by Crippen LogP contribution is -2.39. The van der Waals surface area contributed by atoms with E-state index in [-0.39, 0.29) is 30.3 Å². The summed E-state index contributed by atoms with van der Waals surface area (Å²) in [6.45, 7) is 4.23. The number of oxime groups is 1. The predicted octanol–water partition coefficient (Wildman–Crippen LogP) is 3.40. The van der Waals surface area contributed by atoms with Crippen LogP contribution in [0, 0.1) is 11.7 Å². The molecule has 0 spiro atoms. The SMILES string of the molecule is CC(C)C(=O)N(Cc1ccccc1F)C[C@@H]1CC(c2ccccn2)=NO1. The van der Waals surface area contributed by atoms with E-state index in [1.54, 1.807) is 29.3 Å². The average molecular weight is 355 g/mol. The highest BCUT2D eigenvalue weighted by Gasteiger charge is 2.28. The molecular formula is C20H22FN3O2. The molecule has 1 aliphatic rings. The fourth-order valence-corrected chi connectivity index (χ4v) is 2.89. The van der Waals surface area contributed by atoms with Crippen LogP contribution in [-0.2, 0) is 16.2 Å². The van der Waals surface area contributed by atoms with Gasteiger partial charge in [0, 0.05) is 30.6 Å². The van der Waals surface area contributed by atoms with E-state index in [4.69, 9.17) is 4.84 Å². The molecule has 0 aliphatic carbocycles. The van der Waals surface area contributed by atoms with Crippen LogP contribution in [0.1, 0.15) is 31.5 Å². The molecule has 26 heavy (non-hydrogen) atoms. The molecule has 1 amide bonds. The van der Waals surface area contributed by atoms with E-state index in [2.05, 4.69) is 10.1 Å². The van der Waals surface area contributed by atoms with E-state index in [0.29, 0.717) is 18.5 Å². The summed E-state index contributed by atoms with van der Waals surface area (Å²) in [5.41, 5.74) is 2.02. The van der Waals surface area contributed by atoms with Gasteiger partial charge in [0.05, 0.1) is 12.2 Å². The molecule has 0 saturated carbocycles. The van der Waals surface area contributed by atoms with Gasteiger partial charge in [0.25, 0.3) is 0 Å². The lowest BCUT2D eigenvalue weighted by atomic mass is 10.1. The molecule has 0 saturated heterocycles. The van der Waals surface area contributed by atoms with Gasteiger partial charge in [-0.3, -0.25) is 9.78 Å². The van der Waals surface area contributed by atoms with Gasteiger partial charge in [-0.15, -0.1) is 0 Å². The number of amides is 1. The van der Waals surface area contributed by atoms with Gasteiger partial charge in [-0.25, -0.2) is 4.39 Å². The van der Waals surface area contributed by atoms with E-state index in [1.807, 2.05) is 32.0 Å². The Bertz CT molecular complexity index is 793. The first-order chi connectivity index (χ1) is 12.5. The van der Waals surface area contributed by atoms with E-state index >= 15 is 0 Å². The van der Waals surface area contributed by atoms with Crippen molar-refractivity contribution in [2.75, 3.05) is 6.54 Å². The molecule has 0 radical (unpaired) electrons. The highest BCUT2D eigenvalue weighted by atomic mass is 19.1. The third-order valence-electron chi connectivity index (χ3n) is 4.24. The Hall–Kier alpha value is -2.76. The first-order valence-corrected chi connectivity index (χ1v) is 8.71. The zero-order valence-electron chi connectivity index (χ0n) is 14.9. The third kappa shape index (κ3) is 4.25. The van der Waals surface area contributed by atoms with Crippen LogP contribution < -0.4 is 0 Å². The number of benzene rings is 1. The topological polar surface area (TPSA) is 54.8 Å². The van der Waals surface area contributed by atoms with Gasteiger partial charge in [-0.2, -0.15) is 0 Å². The molecule has 3 rings (SSSR count). The Balaban J connectivity index is 1.69. The monoisotopic (exact) mass is 355 g/mol. The fraction of sp³-hybridized carbons (Fsp3) is 0.350. The summed E-state index contributed by atoms with van der Waals surface area (Å²) in [5, 5.41) is 4.11. The molecule has 1 aliphatic heterocycles. The normalized spacial score (nSPS) is 16.3. The van der Waals surface area contributed by atoms with E-state index < -0.39 is 0 Å². The highest BCUT2D eigenvalue weighted by Crippen LogP contribution is 2.19. The quantitative estimate of drug-likeness (QED) is 0.798. The second-order valence-corrected chi connectivity index (χ2v) is 6.65. The molecular weight excluding hydrogens is 333 g/mol. The summed E-state index contributed by atoms with van der Waals surface area (Å²) in [6.07, 6.45) is 2.01. The maximum Gasteiger partial charge on any atom is 0.225 e. The minimum atomic E-state index is -0.313. The van der Waals surface area contributed by atoms with Gasteiger partial charge >= 0.3 is 0 Å². The van der Waals surface area contributed by atoms with E-state index in [0.717, 1.165) is 11.4 Å². The van der Waals surface area contributed by atoms with Crippen LogP contribution in [0.15, 0.2) is 53.8 Å². The first-order valence-electron chi connectivity index (χ1n) is 8.71. The van der Waals surface area contributed by atoms with Crippen LogP contribution in [0.4, 0.5) is 4.39 Å². The van der Waals surface area contributed by atoms with Crippen LogP contribution in [0.3, 0.4) is 0 Å². The van der Waals surface area contributed by atoms with Crippen LogP contribution in [0.25, 0.3) is 0 Å². The maximum atomic E-state index is 14.0. The number of carbonyl (C=O) groups excluding carboxylic acids is 1. The lowest BCUT2D eigenvalue weighted by molar-refractivity contribution is -0.137. The summed E-state index contributed by atoms with van der Waals surface area (Å²) in [5.74, 6) is -0.533. The fourth-order valence-electron chi connectivity index (χ4n) is 2.89. The molecule has 136 valence electrons. The van der Waals surface area contributed by atoms with Gasteiger partial charge in [0.1, 0.15) is 11.5 Å². The zero-order valence-corrected chi connectivity index (χ0v) is 14.9. The summed E-state index contributed by atoms with van der Waals surface area (Å²) in [6, 6.07) is 12.1. The van der Waals surface area contributed by atoms with Gasteiger partial charge in [-0.05, 0) is 18.2 Å². The summed E-state index contributed by atoms with van der Waals surface area (Å²) in [4.78, 5) is 24.0. The number of carbonyl (C=O) groups is 1. The Labute approximate surface area is 152 Å². The zero-order chi connectivity index (χ0) is 18.5. The van der Waals surface area contributed by atoms with Gasteiger partial charge in [0.15, 0.2) is 6.10 Å². The number of aromatic nitrogens is 1. The Kier molecular flexibility index (Phi) is 5.61. The molecule has 0 unspecified atom stereocenters. The number of hydrogen-bond acceptors (Lipinski definition) is 4. The van der Waals surface area contributed by atoms with Crippen molar-refractivity contribution in [2.24, 2.45) is 11.1 Å². The number of rotatable bonds is 6. The molecule has 5 nitrogen and oxygen atoms in total. The van der Waals surface area contributed by atoms with Crippen LogP contribution in [-0.4, -0.2) is 34.2 Å². The Morgan fingerprint density at radius 2 is 2.04 bits per heavy atom. The number of hydrogen-bond donors (Lipinski definition) is 0. The molecule has 1 aromatic carbocycles. The van der Waals surface area contributed by atoms with Crippen molar-refractivity contribution in [3.63, 3.8) is 0 Å². The highest BCUT2D eigenvalue weighted by molar-refractivity contribution is 5.99. The average Bonchev–Trinajstić information content (AvgIpc) is 3.11. The number of pyridine rings is 1. The smallest absolute Gasteiger partial charge is 0.225 e. The lowest BCUT2D eigenvalue weighted by Gasteiger charge is -2.26. The van der Waals surface area contributed by atoms with E-state index in [1.165, 1.54) is 6.07 Å². The van der Waals surface area contributed by atoms with Crippen LogP contribution >= 0.6 is 0 Å². The maximum absolute atomic E-state index is 14.0. The van der Waals surface area contributed by atoms with Crippen molar-refractivity contribution in [3.05, 3.63) is 65.7 Å². The van der Waals surface area contributed by atoms with Gasteiger partial charge < -0.3 is 9.74 Å². The van der Waals surface area contributed by atoms with E-state index in [9.17, 15) is 9.18 Å². The van der Waals surface area contributed by atoms with Crippen molar-refractivity contribution in [1.29, 1.82) is 0 Å². The molecule has 2 heterocycles. The molecule has 0 fully saturated rings. The van der Waals surface area contributed by atoms with Gasteiger partial charge in [-0.1, -0.05) is 43.3 Å². The molecule has 6 heteroatoms. The van der Waals surface area contributed by atoms with Gasteiger partial charge in [0.2, 0.25) is 5.91 Å². The minimum absolute atomic E-state index is 0.0388. The summed E-state index contributed by atoms with van der Waals surface area (Å²) < 4.78 is 14.0. The molecule has 0 N–H and O–H groups in total. The molecule has 2 aromatic rings. The second kappa shape index (κ2) is 8.08. The van der Waals surface area contributed by atoms with Crippen molar-refractivity contribution < 1.29 is 14.0 Å². The van der Waals surface area contributed by atoms with Crippen LogP contribution in [0.5, 0.6) is 0 Å². The summed E-state index contributed by atoms with van der Waals surface area (Å²) in [7, 11) is 0.